The van der Waals surface area contributed by atoms with Crippen molar-refractivity contribution in [2.24, 2.45) is 0 Å². The summed E-state index contributed by atoms with van der Waals surface area (Å²) < 4.78 is 5.61. The number of aryl methyl sites for hydroxylation is 1. The lowest BCUT2D eigenvalue weighted by molar-refractivity contribution is -0.127. The molecule has 2 N–H and O–H groups in total. The lowest BCUT2D eigenvalue weighted by Crippen LogP contribution is -2.53. The fourth-order valence-corrected chi connectivity index (χ4v) is 3.69. The maximum Gasteiger partial charge on any atom is 0.276 e. The monoisotopic (exact) mass is 429 g/mol. The quantitative estimate of drug-likeness (QED) is 0.591. The maximum atomic E-state index is 13.3. The molecule has 164 valence electrons. The predicted molar refractivity (Wildman–Crippen MR) is 124 cm³/mol. The fraction of sp³-hybridized carbons (Fsp3) is 0.231. The number of anilines is 1. The third-order valence-corrected chi connectivity index (χ3v) is 5.45. The SMILES string of the molecule is Cc1cccc(OCC(=O)NN2C(=O)c3ccccc3NC2c2ccc(C(C)C)cc2)c1. The Morgan fingerprint density at radius 1 is 1.06 bits per heavy atom. The summed E-state index contributed by atoms with van der Waals surface area (Å²) in [4.78, 5) is 25.9. The molecule has 0 saturated carbocycles. The number of amides is 2. The molecular formula is C26H27N3O3. The number of benzene rings is 3. The van der Waals surface area contributed by atoms with Gasteiger partial charge in [0.05, 0.1) is 5.56 Å². The molecule has 0 radical (unpaired) electrons. The molecule has 32 heavy (non-hydrogen) atoms. The molecule has 1 aliphatic rings. The van der Waals surface area contributed by atoms with Crippen LogP contribution in [0, 0.1) is 6.92 Å². The number of para-hydroxylation sites is 1. The molecule has 3 aromatic rings. The third-order valence-electron chi connectivity index (χ3n) is 5.45. The van der Waals surface area contributed by atoms with E-state index in [1.165, 1.54) is 10.6 Å². The first-order valence-electron chi connectivity index (χ1n) is 10.7. The van der Waals surface area contributed by atoms with Gasteiger partial charge in [0.2, 0.25) is 0 Å². The Bertz CT molecular complexity index is 1130. The highest BCUT2D eigenvalue weighted by atomic mass is 16.5. The zero-order chi connectivity index (χ0) is 22.7. The Morgan fingerprint density at radius 2 is 1.81 bits per heavy atom. The summed E-state index contributed by atoms with van der Waals surface area (Å²) in [5, 5.41) is 4.72. The van der Waals surface area contributed by atoms with Gasteiger partial charge < -0.3 is 10.1 Å². The molecule has 1 heterocycles. The number of ether oxygens (including phenoxy) is 1. The van der Waals surface area contributed by atoms with E-state index in [4.69, 9.17) is 4.74 Å². The number of carbonyl (C=O) groups is 2. The lowest BCUT2D eigenvalue weighted by atomic mass is 9.99. The standard InChI is InChI=1S/C26H27N3O3/c1-17(2)19-11-13-20(14-12-19)25-27-23-10-5-4-9-22(23)26(31)29(25)28-24(30)16-32-21-8-6-7-18(3)15-21/h4-15,17,25,27H,16H2,1-3H3,(H,28,30). The summed E-state index contributed by atoms with van der Waals surface area (Å²) in [5.41, 5.74) is 7.09. The van der Waals surface area contributed by atoms with Crippen molar-refractivity contribution in [2.75, 3.05) is 11.9 Å². The van der Waals surface area contributed by atoms with Gasteiger partial charge in [0.15, 0.2) is 6.61 Å². The zero-order valence-electron chi connectivity index (χ0n) is 18.5. The number of rotatable bonds is 6. The Morgan fingerprint density at radius 3 is 2.53 bits per heavy atom. The van der Waals surface area contributed by atoms with E-state index < -0.39 is 12.1 Å². The Kier molecular flexibility index (Phi) is 6.12. The van der Waals surface area contributed by atoms with Gasteiger partial charge in [-0.1, -0.05) is 62.4 Å². The Balaban J connectivity index is 1.56. The first kappa shape index (κ1) is 21.4. The maximum absolute atomic E-state index is 13.3. The smallest absolute Gasteiger partial charge is 0.276 e. The predicted octanol–water partition coefficient (Wildman–Crippen LogP) is 4.80. The summed E-state index contributed by atoms with van der Waals surface area (Å²) in [6.07, 6.45) is -0.540. The number of nitrogens with zero attached hydrogens (tertiary/aromatic N) is 1. The van der Waals surface area contributed by atoms with Crippen molar-refractivity contribution in [3.63, 3.8) is 0 Å². The minimum atomic E-state index is -0.540. The summed E-state index contributed by atoms with van der Waals surface area (Å²) in [6, 6.07) is 22.8. The molecule has 0 fully saturated rings. The van der Waals surface area contributed by atoms with Crippen LogP contribution < -0.4 is 15.5 Å². The van der Waals surface area contributed by atoms with E-state index in [-0.39, 0.29) is 12.5 Å². The number of nitrogens with one attached hydrogen (secondary N) is 2. The van der Waals surface area contributed by atoms with Crippen molar-refractivity contribution < 1.29 is 14.3 Å². The van der Waals surface area contributed by atoms with Gasteiger partial charge in [-0.2, -0.15) is 0 Å². The molecular weight excluding hydrogens is 402 g/mol. The van der Waals surface area contributed by atoms with Crippen LogP contribution in [0.5, 0.6) is 5.75 Å². The molecule has 1 unspecified atom stereocenters. The average molecular weight is 430 g/mol. The highest BCUT2D eigenvalue weighted by Gasteiger charge is 2.34. The van der Waals surface area contributed by atoms with Crippen molar-refractivity contribution in [3.8, 4) is 5.75 Å². The molecule has 1 aliphatic heterocycles. The van der Waals surface area contributed by atoms with Crippen LogP contribution in [0.3, 0.4) is 0 Å². The van der Waals surface area contributed by atoms with Crippen LogP contribution in [-0.2, 0) is 4.79 Å². The second-order valence-electron chi connectivity index (χ2n) is 8.23. The molecule has 0 aromatic heterocycles. The van der Waals surface area contributed by atoms with E-state index in [0.29, 0.717) is 17.2 Å². The molecule has 1 atom stereocenters. The first-order valence-corrected chi connectivity index (χ1v) is 10.7. The number of fused-ring (bicyclic) bond motifs is 1. The molecule has 0 bridgehead atoms. The van der Waals surface area contributed by atoms with Gasteiger partial charge in [-0.3, -0.25) is 15.0 Å². The summed E-state index contributed by atoms with van der Waals surface area (Å²) >= 11 is 0. The highest BCUT2D eigenvalue weighted by molar-refractivity contribution is 6.02. The van der Waals surface area contributed by atoms with Gasteiger partial charge in [-0.25, -0.2) is 5.01 Å². The van der Waals surface area contributed by atoms with E-state index >= 15 is 0 Å². The topological polar surface area (TPSA) is 70.7 Å². The summed E-state index contributed by atoms with van der Waals surface area (Å²) in [5.74, 6) is 0.320. The Hall–Kier alpha value is -3.80. The van der Waals surface area contributed by atoms with E-state index in [1.807, 2.05) is 61.5 Å². The van der Waals surface area contributed by atoms with Gasteiger partial charge in [0.1, 0.15) is 11.9 Å². The molecule has 3 aromatic carbocycles. The third kappa shape index (κ3) is 4.59. The van der Waals surface area contributed by atoms with Crippen LogP contribution >= 0.6 is 0 Å². The Labute approximate surface area is 188 Å². The van der Waals surface area contributed by atoms with Crippen molar-refractivity contribution in [1.29, 1.82) is 0 Å². The first-order chi connectivity index (χ1) is 15.4. The zero-order valence-corrected chi connectivity index (χ0v) is 18.5. The van der Waals surface area contributed by atoms with Gasteiger partial charge in [0, 0.05) is 5.69 Å². The molecule has 6 heteroatoms. The van der Waals surface area contributed by atoms with Gasteiger partial charge >= 0.3 is 0 Å². The van der Waals surface area contributed by atoms with Crippen molar-refractivity contribution in [3.05, 3.63) is 95.1 Å². The fourth-order valence-electron chi connectivity index (χ4n) is 3.69. The number of hydrogen-bond donors (Lipinski definition) is 2. The average Bonchev–Trinajstić information content (AvgIpc) is 2.79. The number of hydrogen-bond acceptors (Lipinski definition) is 4. The van der Waals surface area contributed by atoms with Crippen LogP contribution in [0.1, 0.15) is 53.0 Å². The molecule has 0 spiro atoms. The number of carbonyl (C=O) groups excluding carboxylic acids is 2. The van der Waals surface area contributed by atoms with Gasteiger partial charge in [-0.05, 0) is 53.8 Å². The summed E-state index contributed by atoms with van der Waals surface area (Å²) in [6.45, 7) is 6.02. The lowest BCUT2D eigenvalue weighted by Gasteiger charge is -2.37. The molecule has 0 aliphatic carbocycles. The molecule has 6 nitrogen and oxygen atoms in total. The van der Waals surface area contributed by atoms with Crippen LogP contribution in [0.2, 0.25) is 0 Å². The minimum absolute atomic E-state index is 0.201. The van der Waals surface area contributed by atoms with Crippen LogP contribution in [0.15, 0.2) is 72.8 Å². The van der Waals surface area contributed by atoms with Gasteiger partial charge in [0.25, 0.3) is 11.8 Å². The van der Waals surface area contributed by atoms with E-state index in [2.05, 4.69) is 24.6 Å². The van der Waals surface area contributed by atoms with Crippen LogP contribution in [-0.4, -0.2) is 23.4 Å². The van der Waals surface area contributed by atoms with E-state index in [9.17, 15) is 9.59 Å². The van der Waals surface area contributed by atoms with Gasteiger partial charge in [-0.15, -0.1) is 0 Å². The minimum Gasteiger partial charge on any atom is -0.484 e. The van der Waals surface area contributed by atoms with Crippen LogP contribution in [0.4, 0.5) is 5.69 Å². The van der Waals surface area contributed by atoms with E-state index in [0.717, 1.165) is 16.8 Å². The second kappa shape index (κ2) is 9.14. The second-order valence-corrected chi connectivity index (χ2v) is 8.23. The van der Waals surface area contributed by atoms with Crippen molar-refractivity contribution in [1.82, 2.24) is 10.4 Å². The largest absolute Gasteiger partial charge is 0.484 e. The molecule has 4 rings (SSSR count). The number of hydrazine groups is 1. The van der Waals surface area contributed by atoms with E-state index in [1.54, 1.807) is 18.2 Å². The van der Waals surface area contributed by atoms with Crippen molar-refractivity contribution in [2.45, 2.75) is 32.9 Å². The highest BCUT2D eigenvalue weighted by Crippen LogP contribution is 2.32. The summed E-state index contributed by atoms with van der Waals surface area (Å²) in [7, 11) is 0. The van der Waals surface area contributed by atoms with Crippen LogP contribution in [0.25, 0.3) is 0 Å². The molecule has 2 amide bonds. The van der Waals surface area contributed by atoms with Crippen molar-refractivity contribution >= 4 is 17.5 Å². The molecule has 0 saturated heterocycles. The normalized spacial score (nSPS) is 15.2.